The Balaban J connectivity index is 2.50. The quantitative estimate of drug-likeness (QED) is 0.677. The Bertz CT molecular complexity index is 366. The molecule has 0 fully saturated rings. The zero-order chi connectivity index (χ0) is 12.0. The van der Waals surface area contributed by atoms with Gasteiger partial charge in [0.1, 0.15) is 11.8 Å². The van der Waals surface area contributed by atoms with E-state index in [1.807, 2.05) is 0 Å². The van der Waals surface area contributed by atoms with Crippen LogP contribution in [0, 0.1) is 0 Å². The second kappa shape index (κ2) is 5.72. The summed E-state index contributed by atoms with van der Waals surface area (Å²) < 4.78 is 4.83. The molecule has 86 valence electrons. The number of carboxylic acid groups (broad SMARTS) is 1. The molecular formula is C10H12N2O4. The summed E-state index contributed by atoms with van der Waals surface area (Å²) in [5.41, 5.74) is 5.16. The van der Waals surface area contributed by atoms with Crippen molar-refractivity contribution in [2.75, 3.05) is 6.54 Å². The highest BCUT2D eigenvalue weighted by Gasteiger charge is 2.18. The number of carboxylic acids is 1. The summed E-state index contributed by atoms with van der Waals surface area (Å²) >= 11 is 0. The highest BCUT2D eigenvalue weighted by Crippen LogP contribution is 2.08. The summed E-state index contributed by atoms with van der Waals surface area (Å²) in [5.74, 6) is -0.867. The van der Waals surface area contributed by atoms with Crippen LogP contribution < -0.4 is 15.8 Å². The van der Waals surface area contributed by atoms with E-state index in [0.717, 1.165) is 0 Å². The molecule has 1 atom stereocenters. The fourth-order valence-corrected chi connectivity index (χ4v) is 0.989. The molecule has 0 radical (unpaired) electrons. The molecule has 0 aliphatic rings. The summed E-state index contributed by atoms with van der Waals surface area (Å²) in [6.07, 6.45) is -0.843. The van der Waals surface area contributed by atoms with Crippen LogP contribution in [0.2, 0.25) is 0 Å². The number of carbonyl (C=O) groups excluding carboxylic acids is 1. The first-order valence-corrected chi connectivity index (χ1v) is 4.59. The number of hydrogen-bond donors (Lipinski definition) is 3. The van der Waals surface area contributed by atoms with Gasteiger partial charge in [-0.2, -0.15) is 0 Å². The SMILES string of the molecule is NC[C@H](NC(=O)Oc1ccccc1)C(=O)O. The average Bonchev–Trinajstić information content (AvgIpc) is 2.27. The van der Waals surface area contributed by atoms with E-state index in [2.05, 4.69) is 5.32 Å². The molecule has 16 heavy (non-hydrogen) atoms. The number of benzene rings is 1. The van der Waals surface area contributed by atoms with Gasteiger partial charge in [0.25, 0.3) is 0 Å². The second-order valence-corrected chi connectivity index (χ2v) is 2.97. The van der Waals surface area contributed by atoms with E-state index in [1.54, 1.807) is 30.3 Å². The first-order chi connectivity index (χ1) is 7.63. The Hall–Kier alpha value is -2.08. The number of ether oxygens (including phenoxy) is 1. The molecular weight excluding hydrogens is 212 g/mol. The molecule has 0 saturated heterocycles. The molecule has 1 amide bonds. The van der Waals surface area contributed by atoms with Gasteiger partial charge in [-0.3, -0.25) is 0 Å². The predicted octanol–water partition coefficient (Wildman–Crippen LogP) is 0.187. The van der Waals surface area contributed by atoms with Crippen LogP contribution in [-0.4, -0.2) is 29.8 Å². The van der Waals surface area contributed by atoms with Crippen LogP contribution in [0.3, 0.4) is 0 Å². The molecule has 0 unspecified atom stereocenters. The Morgan fingerprint density at radius 2 is 2.00 bits per heavy atom. The maximum Gasteiger partial charge on any atom is 0.413 e. The van der Waals surface area contributed by atoms with Crippen LogP contribution in [0.1, 0.15) is 0 Å². The standard InChI is InChI=1S/C10H12N2O4/c11-6-8(9(13)14)12-10(15)16-7-4-2-1-3-5-7/h1-5,8H,6,11H2,(H,12,15)(H,13,14)/t8-/m0/s1. The Kier molecular flexibility index (Phi) is 4.28. The summed E-state index contributed by atoms with van der Waals surface area (Å²) in [6, 6.07) is 7.18. The fourth-order valence-electron chi connectivity index (χ4n) is 0.989. The Morgan fingerprint density at radius 3 is 2.50 bits per heavy atom. The summed E-state index contributed by atoms with van der Waals surface area (Å²) in [5, 5.41) is 10.8. The predicted molar refractivity (Wildman–Crippen MR) is 56.1 cm³/mol. The minimum absolute atomic E-state index is 0.195. The van der Waals surface area contributed by atoms with Crippen molar-refractivity contribution in [2.45, 2.75) is 6.04 Å². The third kappa shape index (κ3) is 3.58. The van der Waals surface area contributed by atoms with Gasteiger partial charge < -0.3 is 20.9 Å². The van der Waals surface area contributed by atoms with Gasteiger partial charge in [0, 0.05) is 6.54 Å². The van der Waals surface area contributed by atoms with Crippen molar-refractivity contribution < 1.29 is 19.4 Å². The maximum absolute atomic E-state index is 11.2. The van der Waals surface area contributed by atoms with Gasteiger partial charge in [0.15, 0.2) is 0 Å². The second-order valence-electron chi connectivity index (χ2n) is 2.97. The number of rotatable bonds is 4. The fraction of sp³-hybridized carbons (Fsp3) is 0.200. The number of amides is 1. The van der Waals surface area contributed by atoms with Crippen LogP contribution in [0.15, 0.2) is 30.3 Å². The third-order valence-electron chi connectivity index (χ3n) is 1.78. The Labute approximate surface area is 92.0 Å². The first-order valence-electron chi connectivity index (χ1n) is 4.59. The topological polar surface area (TPSA) is 102 Å². The number of para-hydroxylation sites is 1. The van der Waals surface area contributed by atoms with Gasteiger partial charge in [0.05, 0.1) is 0 Å². The molecule has 6 heteroatoms. The van der Waals surface area contributed by atoms with Crippen molar-refractivity contribution in [3.05, 3.63) is 30.3 Å². The number of aliphatic carboxylic acids is 1. The lowest BCUT2D eigenvalue weighted by atomic mass is 10.3. The van der Waals surface area contributed by atoms with Crippen LogP contribution in [-0.2, 0) is 4.79 Å². The van der Waals surface area contributed by atoms with Crippen molar-refractivity contribution in [2.24, 2.45) is 5.73 Å². The molecule has 0 saturated carbocycles. The molecule has 0 aromatic heterocycles. The van der Waals surface area contributed by atoms with E-state index in [-0.39, 0.29) is 6.54 Å². The molecule has 0 heterocycles. The molecule has 1 rings (SSSR count). The van der Waals surface area contributed by atoms with E-state index < -0.39 is 18.1 Å². The van der Waals surface area contributed by atoms with E-state index in [0.29, 0.717) is 5.75 Å². The van der Waals surface area contributed by atoms with Crippen molar-refractivity contribution in [3.63, 3.8) is 0 Å². The molecule has 4 N–H and O–H groups in total. The van der Waals surface area contributed by atoms with E-state index in [1.165, 1.54) is 0 Å². The highest BCUT2D eigenvalue weighted by atomic mass is 16.6. The van der Waals surface area contributed by atoms with Gasteiger partial charge in [-0.15, -0.1) is 0 Å². The zero-order valence-corrected chi connectivity index (χ0v) is 8.42. The summed E-state index contributed by atoms with van der Waals surface area (Å²) in [7, 11) is 0. The van der Waals surface area contributed by atoms with Gasteiger partial charge in [-0.05, 0) is 12.1 Å². The maximum atomic E-state index is 11.2. The lowest BCUT2D eigenvalue weighted by molar-refractivity contribution is -0.139. The lowest BCUT2D eigenvalue weighted by Crippen LogP contribution is -2.46. The van der Waals surface area contributed by atoms with Crippen molar-refractivity contribution in [1.29, 1.82) is 0 Å². The van der Waals surface area contributed by atoms with Gasteiger partial charge in [-0.1, -0.05) is 18.2 Å². The largest absolute Gasteiger partial charge is 0.480 e. The molecule has 0 aliphatic carbocycles. The van der Waals surface area contributed by atoms with Crippen LogP contribution >= 0.6 is 0 Å². The summed E-state index contributed by atoms with van der Waals surface area (Å²) in [4.78, 5) is 21.8. The monoisotopic (exact) mass is 224 g/mol. The molecule has 1 aromatic rings. The summed E-state index contributed by atoms with van der Waals surface area (Å²) in [6.45, 7) is -0.195. The molecule has 0 aliphatic heterocycles. The Morgan fingerprint density at radius 1 is 1.38 bits per heavy atom. The lowest BCUT2D eigenvalue weighted by Gasteiger charge is -2.11. The van der Waals surface area contributed by atoms with Gasteiger partial charge in [0.2, 0.25) is 0 Å². The highest BCUT2D eigenvalue weighted by molar-refractivity contribution is 5.80. The van der Waals surface area contributed by atoms with Crippen LogP contribution in [0.5, 0.6) is 5.75 Å². The van der Waals surface area contributed by atoms with Crippen molar-refractivity contribution in [1.82, 2.24) is 5.32 Å². The van der Waals surface area contributed by atoms with E-state index >= 15 is 0 Å². The molecule has 0 bridgehead atoms. The molecule has 6 nitrogen and oxygen atoms in total. The zero-order valence-electron chi connectivity index (χ0n) is 8.42. The van der Waals surface area contributed by atoms with Gasteiger partial charge in [-0.25, -0.2) is 9.59 Å². The third-order valence-corrected chi connectivity index (χ3v) is 1.78. The van der Waals surface area contributed by atoms with E-state index in [4.69, 9.17) is 15.6 Å². The minimum Gasteiger partial charge on any atom is -0.480 e. The normalized spacial score (nSPS) is 11.6. The van der Waals surface area contributed by atoms with Crippen LogP contribution in [0.4, 0.5) is 4.79 Å². The first kappa shape index (κ1) is 12.0. The molecule has 0 spiro atoms. The van der Waals surface area contributed by atoms with E-state index in [9.17, 15) is 9.59 Å². The van der Waals surface area contributed by atoms with Gasteiger partial charge >= 0.3 is 12.1 Å². The number of nitrogens with one attached hydrogen (secondary N) is 1. The van der Waals surface area contributed by atoms with Crippen molar-refractivity contribution in [3.8, 4) is 5.75 Å². The number of nitrogens with two attached hydrogens (primary N) is 1. The number of hydrogen-bond acceptors (Lipinski definition) is 4. The average molecular weight is 224 g/mol. The van der Waals surface area contributed by atoms with Crippen LogP contribution in [0.25, 0.3) is 0 Å². The van der Waals surface area contributed by atoms with Crippen molar-refractivity contribution >= 4 is 12.1 Å². The number of carbonyl (C=O) groups is 2. The molecule has 1 aromatic carbocycles. The minimum atomic E-state index is -1.20. The smallest absolute Gasteiger partial charge is 0.413 e.